The van der Waals surface area contributed by atoms with Gasteiger partial charge in [0, 0.05) is 11.5 Å². The topological polar surface area (TPSA) is 61.2 Å². The molecule has 4 aromatic rings. The molecule has 6 heteroatoms. The molecule has 3 aromatic carbocycles. The quantitative estimate of drug-likeness (QED) is 0.426. The third-order valence-electron chi connectivity index (χ3n) is 4.75. The Morgan fingerprint density at radius 1 is 0.931 bits per heavy atom. The number of fused-ring (bicyclic) bond motifs is 1. The van der Waals surface area contributed by atoms with Crippen molar-refractivity contribution in [3.05, 3.63) is 84.1 Å². The largest absolute Gasteiger partial charge is 0.358 e. The summed E-state index contributed by atoms with van der Waals surface area (Å²) in [4.78, 5) is 0.138. The van der Waals surface area contributed by atoms with Crippen LogP contribution in [-0.2, 0) is 10.1 Å². The number of benzene rings is 3. The van der Waals surface area contributed by atoms with Crippen LogP contribution in [0.4, 0.5) is 0 Å². The van der Waals surface area contributed by atoms with Gasteiger partial charge < -0.3 is 4.18 Å². The predicted octanol–water partition coefficient (Wildman–Crippen LogP) is 5.23. The van der Waals surface area contributed by atoms with Crippen LogP contribution in [-0.4, -0.2) is 18.2 Å². The van der Waals surface area contributed by atoms with Crippen molar-refractivity contribution in [3.8, 4) is 11.6 Å². The molecule has 0 atom stereocenters. The lowest BCUT2D eigenvalue weighted by Crippen LogP contribution is -2.13. The molecule has 0 aliphatic rings. The molecular formula is C23H22N2O3S. The van der Waals surface area contributed by atoms with Gasteiger partial charge in [-0.05, 0) is 42.0 Å². The lowest BCUT2D eigenvalue weighted by molar-refractivity contribution is 0.465. The highest BCUT2D eigenvalue weighted by Gasteiger charge is 2.23. The molecule has 148 valence electrons. The van der Waals surface area contributed by atoms with E-state index >= 15 is 0 Å². The van der Waals surface area contributed by atoms with Gasteiger partial charge in [-0.15, -0.1) is 0 Å². The molecule has 0 N–H and O–H groups in total. The van der Waals surface area contributed by atoms with Crippen molar-refractivity contribution < 1.29 is 12.6 Å². The van der Waals surface area contributed by atoms with Crippen LogP contribution in [0.3, 0.4) is 0 Å². The van der Waals surface area contributed by atoms with Gasteiger partial charge in [0.1, 0.15) is 4.90 Å². The summed E-state index contributed by atoms with van der Waals surface area (Å²) in [5, 5.41) is 6.05. The van der Waals surface area contributed by atoms with E-state index in [2.05, 4.69) is 5.10 Å². The Morgan fingerprint density at radius 3 is 2.41 bits per heavy atom. The summed E-state index contributed by atoms with van der Waals surface area (Å²) in [6.07, 6.45) is 0. The number of aromatic nitrogens is 2. The summed E-state index contributed by atoms with van der Waals surface area (Å²) in [5.41, 5.74) is 2.56. The fourth-order valence-electron chi connectivity index (χ4n) is 3.24. The minimum absolute atomic E-state index is 0.128. The van der Waals surface area contributed by atoms with Gasteiger partial charge in [-0.25, -0.2) is 0 Å². The first-order chi connectivity index (χ1) is 13.8. The van der Waals surface area contributed by atoms with Crippen molar-refractivity contribution in [2.45, 2.75) is 31.6 Å². The average molecular weight is 407 g/mol. The van der Waals surface area contributed by atoms with Crippen LogP contribution >= 0.6 is 0 Å². The minimum atomic E-state index is -4.05. The van der Waals surface area contributed by atoms with Crippen molar-refractivity contribution in [2.75, 3.05) is 0 Å². The molecule has 0 saturated carbocycles. The zero-order chi connectivity index (χ0) is 20.6. The fraction of sp³-hybridized carbons (Fsp3) is 0.174. The number of aryl methyl sites for hydroxylation is 1. The molecule has 0 unspecified atom stereocenters. The number of hydrogen-bond acceptors (Lipinski definition) is 4. The molecular weight excluding hydrogens is 384 g/mol. The van der Waals surface area contributed by atoms with Crippen LogP contribution in [0.15, 0.2) is 77.7 Å². The monoisotopic (exact) mass is 406 g/mol. The Morgan fingerprint density at radius 2 is 1.66 bits per heavy atom. The molecule has 4 rings (SSSR count). The Balaban J connectivity index is 1.83. The number of rotatable bonds is 5. The van der Waals surface area contributed by atoms with Gasteiger partial charge in [0.05, 0.1) is 11.4 Å². The Bertz CT molecular complexity index is 1290. The van der Waals surface area contributed by atoms with Crippen molar-refractivity contribution in [1.29, 1.82) is 0 Å². The van der Waals surface area contributed by atoms with E-state index in [4.69, 9.17) is 4.18 Å². The molecule has 0 fully saturated rings. The summed E-state index contributed by atoms with van der Waals surface area (Å²) in [7, 11) is -4.05. The number of hydrogen-bond donors (Lipinski definition) is 0. The van der Waals surface area contributed by atoms with Crippen molar-refractivity contribution >= 4 is 20.9 Å². The van der Waals surface area contributed by atoms with Gasteiger partial charge in [0.2, 0.25) is 5.88 Å². The molecule has 0 spiro atoms. The molecule has 1 heterocycles. The van der Waals surface area contributed by atoms with Crippen LogP contribution in [0.2, 0.25) is 0 Å². The van der Waals surface area contributed by atoms with Crippen LogP contribution in [0.1, 0.15) is 31.0 Å². The van der Waals surface area contributed by atoms with E-state index < -0.39 is 10.1 Å². The third kappa shape index (κ3) is 3.76. The van der Waals surface area contributed by atoms with Crippen LogP contribution in [0, 0.1) is 6.92 Å². The van der Waals surface area contributed by atoms with Gasteiger partial charge in [0.15, 0.2) is 0 Å². The molecule has 29 heavy (non-hydrogen) atoms. The Labute approximate surface area is 170 Å². The highest BCUT2D eigenvalue weighted by Crippen LogP contribution is 2.29. The fourth-order valence-corrected chi connectivity index (χ4v) is 4.37. The molecule has 0 radical (unpaired) electrons. The standard InChI is InChI=1S/C23H22N2O3S/c1-16(2)21-15-23(25(24-21)19-11-6-8-17(3)14-19)28-29(26,27)22-13-7-10-18-9-4-5-12-20(18)22/h4-16H,1-3H3. The van der Waals surface area contributed by atoms with Crippen molar-refractivity contribution in [3.63, 3.8) is 0 Å². The van der Waals surface area contributed by atoms with E-state index in [1.807, 2.05) is 69.3 Å². The zero-order valence-corrected chi connectivity index (χ0v) is 17.3. The summed E-state index contributed by atoms with van der Waals surface area (Å²) < 4.78 is 33.5. The highest BCUT2D eigenvalue weighted by molar-refractivity contribution is 7.87. The molecule has 0 aliphatic carbocycles. The number of nitrogens with zero attached hydrogens (tertiary/aromatic N) is 2. The first kappa shape index (κ1) is 19.2. The predicted molar refractivity (Wildman–Crippen MR) is 114 cm³/mol. The lowest BCUT2D eigenvalue weighted by Gasteiger charge is -2.11. The molecule has 5 nitrogen and oxygen atoms in total. The van der Waals surface area contributed by atoms with Crippen LogP contribution in [0.5, 0.6) is 5.88 Å². The first-order valence-corrected chi connectivity index (χ1v) is 10.9. The normalized spacial score (nSPS) is 11.9. The summed E-state index contributed by atoms with van der Waals surface area (Å²) >= 11 is 0. The Hall–Kier alpha value is -3.12. The second-order valence-corrected chi connectivity index (χ2v) is 8.84. The van der Waals surface area contributed by atoms with E-state index in [1.54, 1.807) is 28.9 Å². The molecule has 0 amide bonds. The van der Waals surface area contributed by atoms with E-state index in [0.29, 0.717) is 5.39 Å². The maximum atomic E-state index is 13.2. The van der Waals surface area contributed by atoms with Gasteiger partial charge in [-0.1, -0.05) is 62.4 Å². The van der Waals surface area contributed by atoms with Crippen molar-refractivity contribution in [1.82, 2.24) is 9.78 Å². The summed E-state index contributed by atoms with van der Waals surface area (Å²) in [5.74, 6) is 0.302. The second-order valence-electron chi connectivity index (χ2n) is 7.33. The van der Waals surface area contributed by atoms with Crippen LogP contribution in [0.25, 0.3) is 16.5 Å². The molecule has 0 aliphatic heterocycles. The highest BCUT2D eigenvalue weighted by atomic mass is 32.2. The summed E-state index contributed by atoms with van der Waals surface area (Å²) in [6, 6.07) is 21.9. The smallest absolute Gasteiger partial charge is 0.341 e. The Kier molecular flexibility index (Phi) is 4.88. The minimum Gasteiger partial charge on any atom is -0.358 e. The average Bonchev–Trinajstić information content (AvgIpc) is 3.11. The van der Waals surface area contributed by atoms with E-state index in [0.717, 1.165) is 22.3 Å². The maximum absolute atomic E-state index is 13.2. The van der Waals surface area contributed by atoms with Gasteiger partial charge in [-0.2, -0.15) is 18.2 Å². The zero-order valence-electron chi connectivity index (χ0n) is 16.5. The van der Waals surface area contributed by atoms with E-state index in [1.165, 1.54) is 0 Å². The van der Waals surface area contributed by atoms with E-state index in [-0.39, 0.29) is 16.7 Å². The van der Waals surface area contributed by atoms with Crippen molar-refractivity contribution in [2.24, 2.45) is 0 Å². The molecule has 1 aromatic heterocycles. The first-order valence-electron chi connectivity index (χ1n) is 9.44. The molecule has 0 saturated heterocycles. The van der Waals surface area contributed by atoms with Gasteiger partial charge in [0.25, 0.3) is 0 Å². The molecule has 0 bridgehead atoms. The summed E-state index contributed by atoms with van der Waals surface area (Å²) in [6.45, 7) is 5.99. The lowest BCUT2D eigenvalue weighted by atomic mass is 10.1. The van der Waals surface area contributed by atoms with Gasteiger partial charge in [-0.3, -0.25) is 0 Å². The van der Waals surface area contributed by atoms with Crippen LogP contribution < -0.4 is 4.18 Å². The SMILES string of the molecule is Cc1cccc(-n2nc(C(C)C)cc2OS(=O)(=O)c2cccc3ccccc23)c1. The van der Waals surface area contributed by atoms with E-state index in [9.17, 15) is 8.42 Å². The second kappa shape index (κ2) is 7.37. The third-order valence-corrected chi connectivity index (χ3v) is 6.03. The van der Waals surface area contributed by atoms with Gasteiger partial charge >= 0.3 is 10.1 Å². The maximum Gasteiger partial charge on any atom is 0.341 e.